The quantitative estimate of drug-likeness (QED) is 0.758. The average Bonchev–Trinajstić information content (AvgIpc) is 2.26. The fraction of sp³-hybridized carbons (Fsp3) is 0.500. The van der Waals surface area contributed by atoms with Crippen LogP contribution in [0.5, 0.6) is 0 Å². The van der Waals surface area contributed by atoms with Crippen LogP contribution in [-0.2, 0) is 0 Å². The lowest BCUT2D eigenvalue weighted by Crippen LogP contribution is -2.03. The maximum atomic E-state index is 9.33. The Hall–Kier alpha value is -0.510. The van der Waals surface area contributed by atoms with Crippen LogP contribution in [-0.4, -0.2) is 22.6 Å². The van der Waals surface area contributed by atoms with Crippen LogP contribution in [0.1, 0.15) is 25.5 Å². The SMILES string of the molecule is CC(CO)CSc1ccc([C@@H](C)O)cc1. The van der Waals surface area contributed by atoms with E-state index in [9.17, 15) is 5.11 Å². The summed E-state index contributed by atoms with van der Waals surface area (Å²) < 4.78 is 0. The van der Waals surface area contributed by atoms with Gasteiger partial charge in [0, 0.05) is 17.3 Å². The molecule has 0 spiro atoms. The van der Waals surface area contributed by atoms with Gasteiger partial charge in [0.05, 0.1) is 6.10 Å². The second kappa shape index (κ2) is 6.16. The number of thioether (sulfide) groups is 1. The highest BCUT2D eigenvalue weighted by Crippen LogP contribution is 2.22. The van der Waals surface area contributed by atoms with Crippen molar-refractivity contribution in [3.63, 3.8) is 0 Å². The third-order valence-electron chi connectivity index (χ3n) is 2.21. The summed E-state index contributed by atoms with van der Waals surface area (Å²) >= 11 is 1.73. The number of benzene rings is 1. The molecule has 0 saturated carbocycles. The lowest BCUT2D eigenvalue weighted by molar-refractivity contribution is 0.199. The van der Waals surface area contributed by atoms with Gasteiger partial charge in [-0.2, -0.15) is 0 Å². The standard InChI is InChI=1S/C12H18O2S/c1-9(7-13)8-15-12-5-3-11(4-6-12)10(2)14/h3-6,9-10,13-14H,7-8H2,1-2H3/t9?,10-/m1/s1. The molecule has 0 fully saturated rings. The predicted molar refractivity (Wildman–Crippen MR) is 64.0 cm³/mol. The molecule has 1 unspecified atom stereocenters. The van der Waals surface area contributed by atoms with Crippen LogP contribution in [0.25, 0.3) is 0 Å². The number of hydrogen-bond donors (Lipinski definition) is 2. The highest BCUT2D eigenvalue weighted by Gasteiger charge is 2.03. The van der Waals surface area contributed by atoms with Gasteiger partial charge in [0.15, 0.2) is 0 Å². The van der Waals surface area contributed by atoms with Gasteiger partial charge in [-0.3, -0.25) is 0 Å². The fourth-order valence-corrected chi connectivity index (χ4v) is 2.04. The third kappa shape index (κ3) is 4.24. The summed E-state index contributed by atoms with van der Waals surface area (Å²) in [6, 6.07) is 7.90. The van der Waals surface area contributed by atoms with Gasteiger partial charge < -0.3 is 10.2 Å². The lowest BCUT2D eigenvalue weighted by atomic mass is 10.1. The first-order chi connectivity index (χ1) is 7.13. The first-order valence-corrected chi connectivity index (χ1v) is 6.13. The van der Waals surface area contributed by atoms with Crippen LogP contribution in [0.2, 0.25) is 0 Å². The van der Waals surface area contributed by atoms with Crippen molar-refractivity contribution < 1.29 is 10.2 Å². The van der Waals surface area contributed by atoms with E-state index in [-0.39, 0.29) is 6.61 Å². The molecule has 3 heteroatoms. The molecule has 0 saturated heterocycles. The van der Waals surface area contributed by atoms with Crippen LogP contribution in [0.3, 0.4) is 0 Å². The van der Waals surface area contributed by atoms with E-state index in [2.05, 4.69) is 0 Å². The van der Waals surface area contributed by atoms with Crippen LogP contribution in [0.4, 0.5) is 0 Å². The van der Waals surface area contributed by atoms with Gasteiger partial charge in [-0.15, -0.1) is 11.8 Å². The molecule has 0 radical (unpaired) electrons. The van der Waals surface area contributed by atoms with Crippen molar-refractivity contribution in [1.29, 1.82) is 0 Å². The zero-order valence-electron chi connectivity index (χ0n) is 9.18. The fourth-order valence-electron chi connectivity index (χ4n) is 1.13. The summed E-state index contributed by atoms with van der Waals surface area (Å²) in [6.07, 6.45) is -0.402. The molecule has 2 nitrogen and oxygen atoms in total. The molecule has 0 aliphatic carbocycles. The minimum atomic E-state index is -0.402. The molecule has 2 N–H and O–H groups in total. The monoisotopic (exact) mass is 226 g/mol. The molecule has 0 aliphatic heterocycles. The molecule has 0 aliphatic rings. The van der Waals surface area contributed by atoms with E-state index in [0.717, 1.165) is 11.3 Å². The van der Waals surface area contributed by atoms with Gasteiger partial charge in [-0.1, -0.05) is 19.1 Å². The van der Waals surface area contributed by atoms with Gasteiger partial charge in [0.25, 0.3) is 0 Å². The molecule has 1 rings (SSSR count). The molecule has 84 valence electrons. The summed E-state index contributed by atoms with van der Waals surface area (Å²) in [5, 5.41) is 18.2. The van der Waals surface area contributed by atoms with Crippen molar-refractivity contribution in [2.45, 2.75) is 24.8 Å². The van der Waals surface area contributed by atoms with Crippen molar-refractivity contribution in [1.82, 2.24) is 0 Å². The summed E-state index contributed by atoms with van der Waals surface area (Å²) in [4.78, 5) is 1.18. The number of rotatable bonds is 5. The Morgan fingerprint density at radius 2 is 1.80 bits per heavy atom. The van der Waals surface area contributed by atoms with E-state index in [0.29, 0.717) is 5.92 Å². The summed E-state index contributed by atoms with van der Waals surface area (Å²) in [7, 11) is 0. The van der Waals surface area contributed by atoms with E-state index >= 15 is 0 Å². The van der Waals surface area contributed by atoms with Crippen molar-refractivity contribution >= 4 is 11.8 Å². The minimum Gasteiger partial charge on any atom is -0.396 e. The van der Waals surface area contributed by atoms with Gasteiger partial charge in [-0.25, -0.2) is 0 Å². The van der Waals surface area contributed by atoms with E-state index < -0.39 is 6.10 Å². The Balaban J connectivity index is 2.50. The molecule has 0 heterocycles. The molecule has 0 aromatic heterocycles. The average molecular weight is 226 g/mol. The van der Waals surface area contributed by atoms with Gasteiger partial charge in [-0.05, 0) is 30.5 Å². The number of aliphatic hydroxyl groups excluding tert-OH is 2. The van der Waals surface area contributed by atoms with E-state index in [1.54, 1.807) is 18.7 Å². The smallest absolute Gasteiger partial charge is 0.0761 e. The van der Waals surface area contributed by atoms with Gasteiger partial charge >= 0.3 is 0 Å². The van der Waals surface area contributed by atoms with Crippen molar-refractivity contribution in [3.8, 4) is 0 Å². The number of hydrogen-bond acceptors (Lipinski definition) is 3. The second-order valence-corrected chi connectivity index (χ2v) is 4.94. The Labute approximate surface area is 95.3 Å². The predicted octanol–water partition coefficient (Wildman–Crippen LogP) is 2.46. The lowest BCUT2D eigenvalue weighted by Gasteiger charge is -2.08. The third-order valence-corrected chi connectivity index (χ3v) is 3.55. The molecule has 0 amide bonds. The van der Waals surface area contributed by atoms with E-state index in [1.807, 2.05) is 31.2 Å². The normalized spacial score (nSPS) is 14.9. The molecule has 15 heavy (non-hydrogen) atoms. The van der Waals surface area contributed by atoms with Crippen molar-refractivity contribution in [3.05, 3.63) is 29.8 Å². The van der Waals surface area contributed by atoms with E-state index in [1.165, 1.54) is 4.90 Å². The second-order valence-electron chi connectivity index (χ2n) is 3.84. The van der Waals surface area contributed by atoms with Crippen LogP contribution in [0.15, 0.2) is 29.2 Å². The highest BCUT2D eigenvalue weighted by atomic mass is 32.2. The van der Waals surface area contributed by atoms with E-state index in [4.69, 9.17) is 5.11 Å². The Morgan fingerprint density at radius 1 is 1.20 bits per heavy atom. The first kappa shape index (κ1) is 12.6. The minimum absolute atomic E-state index is 0.235. The van der Waals surface area contributed by atoms with Crippen LogP contribution >= 0.6 is 11.8 Å². The Morgan fingerprint density at radius 3 is 2.27 bits per heavy atom. The maximum Gasteiger partial charge on any atom is 0.0761 e. The van der Waals surface area contributed by atoms with Gasteiger partial charge in [0.1, 0.15) is 0 Å². The summed E-state index contributed by atoms with van der Waals surface area (Å²) in [6.45, 7) is 4.02. The molecule has 2 atom stereocenters. The zero-order chi connectivity index (χ0) is 11.3. The Kier molecular flexibility index (Phi) is 5.15. The van der Waals surface area contributed by atoms with Crippen LogP contribution in [0, 0.1) is 5.92 Å². The summed E-state index contributed by atoms with van der Waals surface area (Å²) in [5.41, 5.74) is 0.939. The highest BCUT2D eigenvalue weighted by molar-refractivity contribution is 7.99. The molecule has 1 aromatic rings. The first-order valence-electron chi connectivity index (χ1n) is 5.15. The molecular formula is C12H18O2S. The molecule has 0 bridgehead atoms. The van der Waals surface area contributed by atoms with Gasteiger partial charge in [0.2, 0.25) is 0 Å². The maximum absolute atomic E-state index is 9.33. The zero-order valence-corrected chi connectivity index (χ0v) is 10.00. The largest absolute Gasteiger partial charge is 0.396 e. The van der Waals surface area contributed by atoms with Crippen molar-refractivity contribution in [2.75, 3.05) is 12.4 Å². The summed E-state index contributed by atoms with van der Waals surface area (Å²) in [5.74, 6) is 1.25. The molecule has 1 aromatic carbocycles. The number of aliphatic hydroxyl groups is 2. The topological polar surface area (TPSA) is 40.5 Å². The Bertz CT molecular complexity index is 282. The van der Waals surface area contributed by atoms with Crippen LogP contribution < -0.4 is 0 Å². The molecular weight excluding hydrogens is 208 g/mol. The van der Waals surface area contributed by atoms with Crippen molar-refractivity contribution in [2.24, 2.45) is 5.92 Å².